The summed E-state index contributed by atoms with van der Waals surface area (Å²) in [4.78, 5) is 8.76. The molecule has 1 aromatic carbocycles. The van der Waals surface area contributed by atoms with E-state index in [0.717, 1.165) is 18.7 Å². The highest BCUT2D eigenvalue weighted by molar-refractivity contribution is 5.51. The lowest BCUT2D eigenvalue weighted by atomic mass is 9.95. The van der Waals surface area contributed by atoms with Gasteiger partial charge in [-0.3, -0.25) is 0 Å². The summed E-state index contributed by atoms with van der Waals surface area (Å²) < 4.78 is 5.37. The van der Waals surface area contributed by atoms with Gasteiger partial charge < -0.3 is 10.3 Å². The first-order valence-electron chi connectivity index (χ1n) is 6.90. The Morgan fingerprint density at radius 3 is 2.52 bits per heavy atom. The number of nitrogens with zero attached hydrogens (tertiary/aromatic N) is 3. The van der Waals surface area contributed by atoms with Crippen molar-refractivity contribution in [2.45, 2.75) is 18.3 Å². The zero-order valence-electron chi connectivity index (χ0n) is 11.4. The minimum Gasteiger partial charge on any atom is -0.397 e. The van der Waals surface area contributed by atoms with Gasteiger partial charge in [-0.15, -0.1) is 0 Å². The molecule has 2 N–H and O–H groups in total. The van der Waals surface area contributed by atoms with Crippen molar-refractivity contribution >= 4 is 5.69 Å². The maximum absolute atomic E-state index is 5.64. The van der Waals surface area contributed by atoms with Gasteiger partial charge in [0.05, 0.1) is 17.3 Å². The lowest BCUT2D eigenvalue weighted by molar-refractivity contribution is 0.416. The van der Waals surface area contributed by atoms with Crippen LogP contribution in [-0.2, 0) is 5.41 Å². The average molecular weight is 278 g/mol. The molecule has 0 aliphatic heterocycles. The molecule has 0 atom stereocenters. The van der Waals surface area contributed by atoms with Crippen molar-refractivity contribution in [1.82, 2.24) is 15.1 Å². The van der Waals surface area contributed by atoms with Gasteiger partial charge in [0.1, 0.15) is 5.69 Å². The van der Waals surface area contributed by atoms with E-state index in [-0.39, 0.29) is 5.41 Å². The van der Waals surface area contributed by atoms with Crippen molar-refractivity contribution in [3.8, 4) is 11.6 Å². The highest BCUT2D eigenvalue weighted by atomic mass is 16.5. The number of nitrogen functional groups attached to an aromatic ring is 1. The Bertz CT molecular complexity index is 760. The smallest absolute Gasteiger partial charge is 0.276 e. The highest BCUT2D eigenvalue weighted by Gasteiger charge is 2.49. The SMILES string of the molecule is Nc1ccc(-c2nc(C3(c4ccccc4)CC3)no2)nc1. The highest BCUT2D eigenvalue weighted by Crippen LogP contribution is 2.52. The van der Waals surface area contributed by atoms with E-state index >= 15 is 0 Å². The second-order valence-corrected chi connectivity index (χ2v) is 5.35. The second-order valence-electron chi connectivity index (χ2n) is 5.35. The van der Waals surface area contributed by atoms with Crippen molar-refractivity contribution in [2.75, 3.05) is 5.73 Å². The third-order valence-electron chi connectivity index (χ3n) is 3.94. The lowest BCUT2D eigenvalue weighted by Gasteiger charge is -2.09. The van der Waals surface area contributed by atoms with Crippen LogP contribution in [0.3, 0.4) is 0 Å². The predicted octanol–water partition coefficient (Wildman–Crippen LogP) is 2.79. The standard InChI is InChI=1S/C16H14N4O/c17-12-6-7-13(18-10-12)14-19-15(20-21-14)16(8-9-16)11-4-2-1-3-5-11/h1-7,10H,8-9,17H2. The van der Waals surface area contributed by atoms with Crippen LogP contribution in [0.1, 0.15) is 24.2 Å². The quantitative estimate of drug-likeness (QED) is 0.797. The van der Waals surface area contributed by atoms with Crippen LogP contribution in [0.25, 0.3) is 11.6 Å². The first kappa shape index (κ1) is 12.1. The summed E-state index contributed by atoms with van der Waals surface area (Å²) in [6.45, 7) is 0. The Hall–Kier alpha value is -2.69. The monoisotopic (exact) mass is 278 g/mol. The van der Waals surface area contributed by atoms with E-state index in [1.54, 1.807) is 18.3 Å². The number of nitrogens with two attached hydrogens (primary N) is 1. The van der Waals surface area contributed by atoms with Crippen LogP contribution < -0.4 is 5.73 Å². The third kappa shape index (κ3) is 1.98. The van der Waals surface area contributed by atoms with Crippen LogP contribution in [0.5, 0.6) is 0 Å². The first-order chi connectivity index (χ1) is 10.3. The maximum Gasteiger partial charge on any atom is 0.276 e. The summed E-state index contributed by atoms with van der Waals surface area (Å²) in [7, 11) is 0. The molecule has 1 aliphatic carbocycles. The molecule has 21 heavy (non-hydrogen) atoms. The van der Waals surface area contributed by atoms with Crippen molar-refractivity contribution in [3.63, 3.8) is 0 Å². The van der Waals surface area contributed by atoms with Gasteiger partial charge in [0.2, 0.25) is 0 Å². The summed E-state index contributed by atoms with van der Waals surface area (Å²) in [5.41, 5.74) is 8.05. The van der Waals surface area contributed by atoms with Crippen LogP contribution in [-0.4, -0.2) is 15.1 Å². The molecule has 0 saturated heterocycles. The Labute approximate surface area is 121 Å². The molecule has 1 saturated carbocycles. The van der Waals surface area contributed by atoms with E-state index in [1.165, 1.54) is 5.56 Å². The summed E-state index contributed by atoms with van der Waals surface area (Å²) >= 11 is 0. The van der Waals surface area contributed by atoms with Crippen molar-refractivity contribution < 1.29 is 4.52 Å². The minimum atomic E-state index is -0.0865. The summed E-state index contributed by atoms with van der Waals surface area (Å²) in [5.74, 6) is 1.18. The normalized spacial score (nSPS) is 15.8. The predicted molar refractivity (Wildman–Crippen MR) is 78.4 cm³/mol. The van der Waals surface area contributed by atoms with Gasteiger partial charge >= 0.3 is 0 Å². The van der Waals surface area contributed by atoms with E-state index in [9.17, 15) is 0 Å². The number of benzene rings is 1. The lowest BCUT2D eigenvalue weighted by Crippen LogP contribution is -2.10. The number of hydrogen-bond donors (Lipinski definition) is 1. The number of rotatable bonds is 3. The number of anilines is 1. The van der Waals surface area contributed by atoms with E-state index in [2.05, 4.69) is 27.3 Å². The molecule has 5 nitrogen and oxygen atoms in total. The fourth-order valence-corrected chi connectivity index (χ4v) is 2.58. The van der Waals surface area contributed by atoms with Gasteiger partial charge in [0.25, 0.3) is 5.89 Å². The Morgan fingerprint density at radius 1 is 1.05 bits per heavy atom. The van der Waals surface area contributed by atoms with E-state index in [4.69, 9.17) is 10.3 Å². The molecule has 4 rings (SSSR count). The molecule has 5 heteroatoms. The van der Waals surface area contributed by atoms with Crippen molar-refractivity contribution in [2.24, 2.45) is 0 Å². The van der Waals surface area contributed by atoms with Crippen LogP contribution in [0.15, 0.2) is 53.2 Å². The Balaban J connectivity index is 1.70. The number of pyridine rings is 1. The molecule has 0 bridgehead atoms. The Morgan fingerprint density at radius 2 is 1.86 bits per heavy atom. The van der Waals surface area contributed by atoms with Gasteiger partial charge in [-0.2, -0.15) is 4.98 Å². The largest absolute Gasteiger partial charge is 0.397 e. The summed E-state index contributed by atoms with van der Waals surface area (Å²) in [6.07, 6.45) is 3.68. The number of aromatic nitrogens is 3. The van der Waals surface area contributed by atoms with Crippen LogP contribution in [0, 0.1) is 0 Å². The second kappa shape index (κ2) is 4.41. The van der Waals surface area contributed by atoms with Gasteiger partial charge in [0.15, 0.2) is 5.82 Å². The summed E-state index contributed by atoms with van der Waals surface area (Å²) in [6, 6.07) is 13.9. The molecular weight excluding hydrogens is 264 g/mol. The molecule has 0 spiro atoms. The molecule has 0 unspecified atom stereocenters. The zero-order chi connectivity index (χ0) is 14.3. The third-order valence-corrected chi connectivity index (χ3v) is 3.94. The zero-order valence-corrected chi connectivity index (χ0v) is 11.4. The first-order valence-corrected chi connectivity index (χ1v) is 6.90. The maximum atomic E-state index is 5.64. The van der Waals surface area contributed by atoms with E-state index in [0.29, 0.717) is 17.3 Å². The number of hydrogen-bond acceptors (Lipinski definition) is 5. The minimum absolute atomic E-state index is 0.0865. The van der Waals surface area contributed by atoms with Gasteiger partial charge in [-0.1, -0.05) is 35.5 Å². The van der Waals surface area contributed by atoms with Gasteiger partial charge in [-0.25, -0.2) is 4.98 Å². The molecule has 1 aliphatic rings. The Kier molecular flexibility index (Phi) is 2.54. The summed E-state index contributed by atoms with van der Waals surface area (Å²) in [5, 5.41) is 4.17. The van der Waals surface area contributed by atoms with Crippen molar-refractivity contribution in [3.05, 3.63) is 60.0 Å². The van der Waals surface area contributed by atoms with Crippen molar-refractivity contribution in [1.29, 1.82) is 0 Å². The van der Waals surface area contributed by atoms with Gasteiger partial charge in [-0.05, 0) is 30.5 Å². The average Bonchev–Trinajstić information content (AvgIpc) is 3.20. The fraction of sp³-hybridized carbons (Fsp3) is 0.188. The van der Waals surface area contributed by atoms with E-state index in [1.807, 2.05) is 18.2 Å². The fourth-order valence-electron chi connectivity index (χ4n) is 2.58. The molecule has 2 heterocycles. The molecule has 0 radical (unpaired) electrons. The molecule has 104 valence electrons. The van der Waals surface area contributed by atoms with Gasteiger partial charge in [0, 0.05) is 0 Å². The van der Waals surface area contributed by atoms with Crippen LogP contribution >= 0.6 is 0 Å². The molecular formula is C16H14N4O. The van der Waals surface area contributed by atoms with Crippen LogP contribution in [0.4, 0.5) is 5.69 Å². The molecule has 2 aromatic heterocycles. The molecule has 1 fully saturated rings. The molecule has 3 aromatic rings. The topological polar surface area (TPSA) is 77.8 Å². The molecule has 0 amide bonds. The van der Waals surface area contributed by atoms with Crippen LogP contribution in [0.2, 0.25) is 0 Å². The van der Waals surface area contributed by atoms with E-state index < -0.39 is 0 Å².